The number of ether oxygens (including phenoxy) is 2. The third-order valence-electron chi connectivity index (χ3n) is 8.47. The van der Waals surface area contributed by atoms with Gasteiger partial charge in [0.15, 0.2) is 0 Å². The fourth-order valence-corrected chi connectivity index (χ4v) is 5.92. The molecule has 1 aliphatic rings. The first kappa shape index (κ1) is 36.6. The molecule has 254 valence electrons. The number of carbonyl (C=O) groups excluding carboxylic acids is 3. The van der Waals surface area contributed by atoms with E-state index < -0.39 is 36.5 Å². The fourth-order valence-electron chi connectivity index (χ4n) is 5.92. The standard InChI is InChI=1S/C35H52N4O7/c1-36-33(42)45-23-15-5-3-13-21-38-29(25-27-17-9-7-10-18-27)31(40)32(41)30(26-28-19-11-8-12-20-28)39(35(38)44)22-14-4-6-16-24-46-34(43)37-2/h7-12,17-20,29-32,40-41H,3-6,13-16,21-26H2,1-2H3,(H,36,42)(H,37,43)/t29-,30-,31+,32+/m1/s1. The highest BCUT2D eigenvalue weighted by molar-refractivity contribution is 5.76. The number of hydrogen-bond donors (Lipinski definition) is 4. The van der Waals surface area contributed by atoms with Crippen molar-refractivity contribution in [2.45, 2.75) is 88.5 Å². The summed E-state index contributed by atoms with van der Waals surface area (Å²) in [6.07, 6.45) is 3.81. The van der Waals surface area contributed by atoms with Crippen molar-refractivity contribution in [2.24, 2.45) is 0 Å². The maximum absolute atomic E-state index is 14.5. The van der Waals surface area contributed by atoms with Crippen molar-refractivity contribution in [1.29, 1.82) is 0 Å². The van der Waals surface area contributed by atoms with E-state index in [2.05, 4.69) is 10.6 Å². The zero-order valence-electron chi connectivity index (χ0n) is 27.3. The Morgan fingerprint density at radius 1 is 0.630 bits per heavy atom. The molecule has 0 aliphatic carbocycles. The number of amides is 4. The molecule has 1 heterocycles. The van der Waals surface area contributed by atoms with Gasteiger partial charge < -0.3 is 40.1 Å². The van der Waals surface area contributed by atoms with E-state index in [1.54, 1.807) is 9.80 Å². The molecule has 4 atom stereocenters. The summed E-state index contributed by atoms with van der Waals surface area (Å²) < 4.78 is 10.2. The minimum atomic E-state index is -1.15. The monoisotopic (exact) mass is 640 g/mol. The van der Waals surface area contributed by atoms with Gasteiger partial charge in [0.25, 0.3) is 0 Å². The molecule has 3 rings (SSSR count). The summed E-state index contributed by atoms with van der Waals surface area (Å²) in [4.78, 5) is 40.7. The van der Waals surface area contributed by atoms with Crippen LogP contribution < -0.4 is 10.6 Å². The predicted octanol–water partition coefficient (Wildman–Crippen LogP) is 4.50. The first-order chi connectivity index (χ1) is 22.3. The molecule has 4 N–H and O–H groups in total. The average Bonchev–Trinajstić information content (AvgIpc) is 3.14. The fraction of sp³-hybridized carbons (Fsp3) is 0.571. The molecule has 1 aliphatic heterocycles. The number of urea groups is 1. The van der Waals surface area contributed by atoms with E-state index in [0.717, 1.165) is 49.7 Å². The Kier molecular flexibility index (Phi) is 16.2. The topological polar surface area (TPSA) is 141 Å². The number of aliphatic hydroxyl groups excluding tert-OH is 2. The maximum Gasteiger partial charge on any atom is 0.406 e. The molecular formula is C35H52N4O7. The molecule has 4 amide bonds. The van der Waals surface area contributed by atoms with Crippen molar-refractivity contribution in [3.05, 3.63) is 71.8 Å². The third-order valence-corrected chi connectivity index (χ3v) is 8.47. The molecular weight excluding hydrogens is 588 g/mol. The largest absolute Gasteiger partial charge is 0.450 e. The minimum absolute atomic E-state index is 0.177. The van der Waals surface area contributed by atoms with Gasteiger partial charge in [-0.15, -0.1) is 0 Å². The van der Waals surface area contributed by atoms with Crippen LogP contribution in [0.5, 0.6) is 0 Å². The van der Waals surface area contributed by atoms with Gasteiger partial charge in [-0.1, -0.05) is 73.5 Å². The second-order valence-corrected chi connectivity index (χ2v) is 11.8. The van der Waals surface area contributed by atoms with Crippen LogP contribution >= 0.6 is 0 Å². The molecule has 0 spiro atoms. The lowest BCUT2D eigenvalue weighted by atomic mass is 9.91. The lowest BCUT2D eigenvalue weighted by Crippen LogP contribution is -2.51. The Bertz CT molecular complexity index is 1080. The Hall–Kier alpha value is -3.83. The molecule has 11 heteroatoms. The predicted molar refractivity (Wildman–Crippen MR) is 176 cm³/mol. The second kappa shape index (κ2) is 20.3. The Morgan fingerprint density at radius 2 is 1.00 bits per heavy atom. The number of alkyl carbamates (subject to hydrolysis) is 2. The van der Waals surface area contributed by atoms with E-state index in [4.69, 9.17) is 9.47 Å². The van der Waals surface area contributed by atoms with Gasteiger partial charge in [0.05, 0.1) is 25.3 Å². The number of nitrogens with zero attached hydrogens (tertiary/aromatic N) is 2. The Labute approximate surface area is 273 Å². The summed E-state index contributed by atoms with van der Waals surface area (Å²) in [6.45, 7) is 1.52. The lowest BCUT2D eigenvalue weighted by molar-refractivity contribution is -0.0396. The summed E-state index contributed by atoms with van der Waals surface area (Å²) in [5, 5.41) is 28.4. The van der Waals surface area contributed by atoms with Crippen LogP contribution in [0.15, 0.2) is 60.7 Å². The van der Waals surface area contributed by atoms with Gasteiger partial charge in [-0.2, -0.15) is 0 Å². The number of rotatable bonds is 18. The van der Waals surface area contributed by atoms with Gasteiger partial charge in [-0.3, -0.25) is 0 Å². The zero-order valence-corrected chi connectivity index (χ0v) is 27.3. The zero-order chi connectivity index (χ0) is 33.1. The SMILES string of the molecule is CNC(=O)OCCCCCCN1C(=O)N(CCCCCCOC(=O)NC)[C@H](Cc2ccccc2)[C@H](O)[C@@H](O)[C@H]1Cc1ccccc1. The first-order valence-corrected chi connectivity index (χ1v) is 16.6. The minimum Gasteiger partial charge on any atom is -0.450 e. The highest BCUT2D eigenvalue weighted by Gasteiger charge is 2.45. The molecule has 0 radical (unpaired) electrons. The van der Waals surface area contributed by atoms with Crippen molar-refractivity contribution < 1.29 is 34.1 Å². The number of aliphatic hydroxyl groups is 2. The van der Waals surface area contributed by atoms with Gasteiger partial charge >= 0.3 is 18.2 Å². The van der Waals surface area contributed by atoms with Gasteiger partial charge in [-0.05, 0) is 62.5 Å². The van der Waals surface area contributed by atoms with Gasteiger partial charge in [0.2, 0.25) is 0 Å². The molecule has 0 saturated carbocycles. The summed E-state index contributed by atoms with van der Waals surface area (Å²) in [6, 6.07) is 18.1. The average molecular weight is 641 g/mol. The molecule has 11 nitrogen and oxygen atoms in total. The van der Waals surface area contributed by atoms with E-state index in [1.165, 1.54) is 14.1 Å². The molecule has 0 aromatic heterocycles. The van der Waals surface area contributed by atoms with E-state index in [-0.39, 0.29) is 6.03 Å². The van der Waals surface area contributed by atoms with Crippen LogP contribution in [-0.4, -0.2) is 103 Å². The summed E-state index contributed by atoms with van der Waals surface area (Å²) in [5.74, 6) is 0. The first-order valence-electron chi connectivity index (χ1n) is 16.6. The lowest BCUT2D eigenvalue weighted by Gasteiger charge is -2.36. The van der Waals surface area contributed by atoms with Crippen molar-refractivity contribution >= 4 is 18.2 Å². The van der Waals surface area contributed by atoms with Gasteiger partial charge in [-0.25, -0.2) is 14.4 Å². The molecule has 0 bridgehead atoms. The number of hydrogen-bond acceptors (Lipinski definition) is 7. The van der Waals surface area contributed by atoms with Crippen LogP contribution in [0.1, 0.15) is 62.5 Å². The number of nitrogens with one attached hydrogen (secondary N) is 2. The van der Waals surface area contributed by atoms with Crippen LogP contribution in [0.2, 0.25) is 0 Å². The molecule has 46 heavy (non-hydrogen) atoms. The van der Waals surface area contributed by atoms with Gasteiger partial charge in [0.1, 0.15) is 12.2 Å². The van der Waals surface area contributed by atoms with Crippen molar-refractivity contribution in [3.63, 3.8) is 0 Å². The van der Waals surface area contributed by atoms with Crippen LogP contribution in [0.25, 0.3) is 0 Å². The van der Waals surface area contributed by atoms with Crippen molar-refractivity contribution in [2.75, 3.05) is 40.4 Å². The molecule has 0 unspecified atom stereocenters. The quantitative estimate of drug-likeness (QED) is 0.176. The van der Waals surface area contributed by atoms with Crippen LogP contribution in [-0.2, 0) is 22.3 Å². The smallest absolute Gasteiger partial charge is 0.406 e. The normalized spacial score (nSPS) is 19.8. The molecule has 2 aromatic carbocycles. The molecule has 2 aromatic rings. The maximum atomic E-state index is 14.5. The highest BCUT2D eigenvalue weighted by atomic mass is 16.6. The van der Waals surface area contributed by atoms with E-state index >= 15 is 0 Å². The highest BCUT2D eigenvalue weighted by Crippen LogP contribution is 2.28. The number of benzene rings is 2. The Balaban J connectivity index is 1.77. The van der Waals surface area contributed by atoms with Crippen LogP contribution in [0, 0.1) is 0 Å². The Morgan fingerprint density at radius 3 is 1.37 bits per heavy atom. The summed E-state index contributed by atoms with van der Waals surface area (Å²) in [5.41, 5.74) is 1.96. The summed E-state index contributed by atoms with van der Waals surface area (Å²) >= 11 is 0. The number of carbonyl (C=O) groups is 3. The van der Waals surface area contributed by atoms with Crippen molar-refractivity contribution in [1.82, 2.24) is 20.4 Å². The van der Waals surface area contributed by atoms with E-state index in [0.29, 0.717) is 52.0 Å². The van der Waals surface area contributed by atoms with Gasteiger partial charge in [0, 0.05) is 27.2 Å². The van der Waals surface area contributed by atoms with Crippen LogP contribution in [0.3, 0.4) is 0 Å². The van der Waals surface area contributed by atoms with Crippen LogP contribution in [0.4, 0.5) is 14.4 Å². The second-order valence-electron chi connectivity index (χ2n) is 11.8. The van der Waals surface area contributed by atoms with E-state index in [1.807, 2.05) is 60.7 Å². The summed E-state index contributed by atoms with van der Waals surface area (Å²) in [7, 11) is 3.05. The molecule has 1 saturated heterocycles. The molecule has 1 fully saturated rings. The van der Waals surface area contributed by atoms with E-state index in [9.17, 15) is 24.6 Å². The van der Waals surface area contributed by atoms with Crippen molar-refractivity contribution in [3.8, 4) is 0 Å². The third kappa shape index (κ3) is 11.8. The number of unbranched alkanes of at least 4 members (excludes halogenated alkanes) is 6.